The van der Waals surface area contributed by atoms with Crippen LogP contribution in [-0.2, 0) is 4.79 Å². The Hall–Kier alpha value is -3.09. The fourth-order valence-corrected chi connectivity index (χ4v) is 2.29. The molecule has 2 rings (SSSR count). The van der Waals surface area contributed by atoms with Crippen molar-refractivity contribution in [2.75, 3.05) is 19.0 Å². The minimum Gasteiger partial charge on any atom is -0.493 e. The van der Waals surface area contributed by atoms with Crippen molar-refractivity contribution in [1.82, 2.24) is 0 Å². The van der Waals surface area contributed by atoms with Crippen LogP contribution < -0.4 is 19.5 Å². The fraction of sp³-hybridized carbons (Fsp3) is 0.250. The number of halogens is 2. The second-order valence-corrected chi connectivity index (χ2v) is 5.42. The largest absolute Gasteiger partial charge is 0.493 e. The molecule has 2 aromatic rings. The molecule has 7 heteroatoms. The fourth-order valence-electron chi connectivity index (χ4n) is 2.29. The number of alkyl halides is 2. The summed E-state index contributed by atoms with van der Waals surface area (Å²) in [5, 5.41) is 2.71. The molecule has 1 N–H and O–H groups in total. The maximum atomic E-state index is 12.7. The van der Waals surface area contributed by atoms with E-state index in [2.05, 4.69) is 10.1 Å². The molecule has 0 atom stereocenters. The van der Waals surface area contributed by atoms with E-state index in [9.17, 15) is 13.6 Å². The van der Waals surface area contributed by atoms with Gasteiger partial charge in [0.1, 0.15) is 5.75 Å². The lowest BCUT2D eigenvalue weighted by molar-refractivity contribution is -0.111. The van der Waals surface area contributed by atoms with Crippen LogP contribution in [0.15, 0.2) is 48.5 Å². The number of ether oxygens (including phenoxy) is 3. The van der Waals surface area contributed by atoms with Crippen molar-refractivity contribution in [1.29, 1.82) is 0 Å². The van der Waals surface area contributed by atoms with Crippen LogP contribution in [0, 0.1) is 0 Å². The number of benzene rings is 2. The zero-order valence-corrected chi connectivity index (χ0v) is 15.1. The van der Waals surface area contributed by atoms with Crippen LogP contribution in [0.2, 0.25) is 0 Å². The molecule has 0 saturated carbocycles. The van der Waals surface area contributed by atoms with Gasteiger partial charge in [0.25, 0.3) is 0 Å². The Kier molecular flexibility index (Phi) is 7.61. The molecule has 0 aliphatic rings. The number of nitrogens with one attached hydrogen (secondary N) is 1. The van der Waals surface area contributed by atoms with E-state index in [0.29, 0.717) is 23.6 Å². The lowest BCUT2D eigenvalue weighted by atomic mass is 10.1. The first kappa shape index (κ1) is 20.2. The molecule has 0 aliphatic heterocycles. The highest BCUT2D eigenvalue weighted by Gasteiger charge is 2.14. The average molecular weight is 377 g/mol. The van der Waals surface area contributed by atoms with E-state index in [4.69, 9.17) is 9.47 Å². The van der Waals surface area contributed by atoms with Crippen molar-refractivity contribution in [3.8, 4) is 17.2 Å². The summed E-state index contributed by atoms with van der Waals surface area (Å²) in [4.78, 5) is 12.2. The van der Waals surface area contributed by atoms with E-state index in [1.807, 2.05) is 6.92 Å². The number of hydrogen-bond donors (Lipinski definition) is 1. The summed E-state index contributed by atoms with van der Waals surface area (Å²) in [7, 11) is 1.35. The lowest BCUT2D eigenvalue weighted by Crippen LogP contribution is -2.10. The summed E-state index contributed by atoms with van der Waals surface area (Å²) in [5.74, 6) is 0.138. The molecule has 27 heavy (non-hydrogen) atoms. The van der Waals surface area contributed by atoms with Gasteiger partial charge in [-0.1, -0.05) is 31.2 Å². The van der Waals surface area contributed by atoms with Crippen molar-refractivity contribution >= 4 is 17.7 Å². The van der Waals surface area contributed by atoms with E-state index in [0.717, 1.165) is 6.42 Å². The van der Waals surface area contributed by atoms with Gasteiger partial charge in [-0.15, -0.1) is 0 Å². The third-order valence-corrected chi connectivity index (χ3v) is 3.46. The molecular weight excluding hydrogens is 356 g/mol. The zero-order chi connectivity index (χ0) is 19.6. The number of rotatable bonds is 9. The van der Waals surface area contributed by atoms with Gasteiger partial charge in [-0.05, 0) is 30.7 Å². The second kappa shape index (κ2) is 10.2. The van der Waals surface area contributed by atoms with Gasteiger partial charge in [0.2, 0.25) is 5.91 Å². The molecule has 0 saturated heterocycles. The summed E-state index contributed by atoms with van der Waals surface area (Å²) in [6, 6.07) is 11.7. The molecule has 1 amide bonds. The highest BCUT2D eigenvalue weighted by Crippen LogP contribution is 2.33. The minimum atomic E-state index is -3.01. The van der Waals surface area contributed by atoms with Gasteiger partial charge >= 0.3 is 6.61 Å². The van der Waals surface area contributed by atoms with Crippen molar-refractivity contribution < 1.29 is 27.8 Å². The number of carbonyl (C=O) groups excluding carboxylic acids is 1. The van der Waals surface area contributed by atoms with E-state index in [1.165, 1.54) is 25.3 Å². The molecule has 0 fully saturated rings. The first-order chi connectivity index (χ1) is 13.0. The van der Waals surface area contributed by atoms with Crippen LogP contribution in [0.4, 0.5) is 14.5 Å². The van der Waals surface area contributed by atoms with Gasteiger partial charge in [-0.3, -0.25) is 4.79 Å². The Labute approximate surface area is 156 Å². The predicted molar refractivity (Wildman–Crippen MR) is 99.5 cm³/mol. The number of anilines is 1. The number of carbonyl (C=O) groups is 1. The van der Waals surface area contributed by atoms with Crippen LogP contribution in [0.25, 0.3) is 6.08 Å². The quantitative estimate of drug-likeness (QED) is 0.642. The van der Waals surface area contributed by atoms with Gasteiger partial charge in [-0.25, -0.2) is 0 Å². The SMILES string of the molecule is CCCOc1ccccc1NC(=O)/C=C/c1cccc(OC)c1OC(F)F. The number of para-hydroxylation sites is 3. The maximum absolute atomic E-state index is 12.7. The van der Waals surface area contributed by atoms with Gasteiger partial charge in [0.15, 0.2) is 11.5 Å². The minimum absolute atomic E-state index is 0.134. The Morgan fingerprint density at radius 2 is 1.89 bits per heavy atom. The molecule has 0 aromatic heterocycles. The molecule has 0 spiro atoms. The van der Waals surface area contributed by atoms with Gasteiger partial charge in [0.05, 0.1) is 19.4 Å². The van der Waals surface area contributed by atoms with Crippen molar-refractivity contribution in [3.05, 3.63) is 54.1 Å². The van der Waals surface area contributed by atoms with Crippen molar-refractivity contribution in [3.63, 3.8) is 0 Å². The van der Waals surface area contributed by atoms with Crippen molar-refractivity contribution in [2.45, 2.75) is 20.0 Å². The summed E-state index contributed by atoms with van der Waals surface area (Å²) in [5.41, 5.74) is 0.815. The molecule has 0 unspecified atom stereocenters. The van der Waals surface area contributed by atoms with Gasteiger partial charge in [-0.2, -0.15) is 8.78 Å². The molecule has 0 bridgehead atoms. The van der Waals surface area contributed by atoms with E-state index in [-0.39, 0.29) is 11.5 Å². The normalized spacial score (nSPS) is 10.9. The lowest BCUT2D eigenvalue weighted by Gasteiger charge is -2.12. The summed E-state index contributed by atoms with van der Waals surface area (Å²) < 4.78 is 40.4. The van der Waals surface area contributed by atoms with Crippen LogP contribution >= 0.6 is 0 Å². The standard InChI is InChI=1S/C20H21F2NO4/c1-3-13-26-16-9-5-4-8-15(16)23-18(24)12-11-14-7-6-10-17(25-2)19(14)27-20(21)22/h4-12,20H,3,13H2,1-2H3,(H,23,24)/b12-11+. The Balaban J connectivity index is 2.16. The Bertz CT molecular complexity index is 793. The average Bonchev–Trinajstić information content (AvgIpc) is 2.66. The monoisotopic (exact) mass is 377 g/mol. The van der Waals surface area contributed by atoms with E-state index < -0.39 is 12.5 Å². The third-order valence-electron chi connectivity index (χ3n) is 3.46. The summed E-state index contributed by atoms with van der Waals surface area (Å²) in [6.07, 6.45) is 3.44. The van der Waals surface area contributed by atoms with Gasteiger partial charge in [0, 0.05) is 11.6 Å². The van der Waals surface area contributed by atoms with Crippen LogP contribution in [0.3, 0.4) is 0 Å². The molecule has 0 aliphatic carbocycles. The molecule has 2 aromatic carbocycles. The molecule has 0 radical (unpaired) electrons. The summed E-state index contributed by atoms with van der Waals surface area (Å²) >= 11 is 0. The van der Waals surface area contributed by atoms with E-state index in [1.54, 1.807) is 36.4 Å². The highest BCUT2D eigenvalue weighted by molar-refractivity contribution is 6.03. The molecular formula is C20H21F2NO4. The second-order valence-electron chi connectivity index (χ2n) is 5.42. The van der Waals surface area contributed by atoms with Gasteiger partial charge < -0.3 is 19.5 Å². The third kappa shape index (κ3) is 5.99. The maximum Gasteiger partial charge on any atom is 0.387 e. The summed E-state index contributed by atoms with van der Waals surface area (Å²) in [6.45, 7) is -0.497. The Morgan fingerprint density at radius 1 is 1.15 bits per heavy atom. The predicted octanol–water partition coefficient (Wildman–Crippen LogP) is 4.74. The van der Waals surface area contributed by atoms with Crippen LogP contribution in [0.1, 0.15) is 18.9 Å². The smallest absolute Gasteiger partial charge is 0.387 e. The Morgan fingerprint density at radius 3 is 2.59 bits per heavy atom. The zero-order valence-electron chi connectivity index (χ0n) is 15.1. The van der Waals surface area contributed by atoms with Crippen LogP contribution in [0.5, 0.6) is 17.2 Å². The highest BCUT2D eigenvalue weighted by atomic mass is 19.3. The molecule has 5 nitrogen and oxygen atoms in total. The van der Waals surface area contributed by atoms with Crippen LogP contribution in [-0.4, -0.2) is 26.2 Å². The first-order valence-electron chi connectivity index (χ1n) is 8.37. The molecule has 144 valence electrons. The first-order valence-corrected chi connectivity index (χ1v) is 8.37. The number of amides is 1. The topological polar surface area (TPSA) is 56.8 Å². The van der Waals surface area contributed by atoms with E-state index >= 15 is 0 Å². The molecule has 0 heterocycles. The number of hydrogen-bond acceptors (Lipinski definition) is 4. The number of methoxy groups -OCH3 is 1. The van der Waals surface area contributed by atoms with Crippen molar-refractivity contribution in [2.24, 2.45) is 0 Å².